The number of nitrogens with zero attached hydrogens (tertiary/aromatic N) is 1. The zero-order valence-corrected chi connectivity index (χ0v) is 10.00. The molecule has 2 rings (SSSR count). The Morgan fingerprint density at radius 1 is 1.33 bits per heavy atom. The summed E-state index contributed by atoms with van der Waals surface area (Å²) in [6.45, 7) is 7.74. The lowest BCUT2D eigenvalue weighted by molar-refractivity contribution is 0.124. The van der Waals surface area contributed by atoms with Crippen molar-refractivity contribution in [1.82, 2.24) is 10.2 Å². The molecular formula is C12H24N2O. The van der Waals surface area contributed by atoms with Crippen molar-refractivity contribution >= 4 is 0 Å². The second-order valence-electron chi connectivity index (χ2n) is 5.51. The fraction of sp³-hybridized carbons (Fsp3) is 1.00. The minimum Gasteiger partial charge on any atom is -0.389 e. The third kappa shape index (κ3) is 3.16. The van der Waals surface area contributed by atoms with E-state index in [9.17, 15) is 5.11 Å². The zero-order valence-electron chi connectivity index (χ0n) is 10.00. The summed E-state index contributed by atoms with van der Waals surface area (Å²) in [5.74, 6) is 0. The van der Waals surface area contributed by atoms with E-state index in [0.717, 1.165) is 19.4 Å². The zero-order chi connectivity index (χ0) is 10.9. The Balaban J connectivity index is 1.65. The van der Waals surface area contributed by atoms with Gasteiger partial charge in [-0.25, -0.2) is 0 Å². The van der Waals surface area contributed by atoms with Crippen LogP contribution in [-0.2, 0) is 0 Å². The number of likely N-dealkylation sites (tertiary alicyclic amines) is 1. The molecule has 3 nitrogen and oxygen atoms in total. The number of hydrogen-bond acceptors (Lipinski definition) is 3. The number of aliphatic hydroxyl groups is 1. The Bertz CT molecular complexity index is 206. The van der Waals surface area contributed by atoms with E-state index in [1.54, 1.807) is 0 Å². The third-order valence-corrected chi connectivity index (χ3v) is 3.81. The molecule has 0 radical (unpaired) electrons. The molecule has 2 fully saturated rings. The molecule has 1 saturated heterocycles. The molecule has 0 spiro atoms. The summed E-state index contributed by atoms with van der Waals surface area (Å²) in [5.41, 5.74) is -0.338. The second-order valence-corrected chi connectivity index (χ2v) is 5.51. The number of rotatable bonds is 4. The maximum absolute atomic E-state index is 9.73. The molecule has 2 N–H and O–H groups in total. The van der Waals surface area contributed by atoms with E-state index < -0.39 is 0 Å². The van der Waals surface area contributed by atoms with Gasteiger partial charge in [0.25, 0.3) is 0 Å². The van der Waals surface area contributed by atoms with Gasteiger partial charge >= 0.3 is 0 Å². The van der Waals surface area contributed by atoms with Crippen molar-refractivity contribution in [2.45, 2.75) is 57.2 Å². The molecule has 1 aliphatic carbocycles. The largest absolute Gasteiger partial charge is 0.389 e. The van der Waals surface area contributed by atoms with Crippen molar-refractivity contribution in [2.75, 3.05) is 19.6 Å². The minimum absolute atomic E-state index is 0.338. The van der Waals surface area contributed by atoms with Gasteiger partial charge in [0.2, 0.25) is 0 Å². The lowest BCUT2D eigenvalue weighted by Crippen LogP contribution is -2.46. The fourth-order valence-corrected chi connectivity index (χ4v) is 2.28. The average molecular weight is 212 g/mol. The van der Waals surface area contributed by atoms with Crippen LogP contribution >= 0.6 is 0 Å². The Morgan fingerprint density at radius 2 is 1.93 bits per heavy atom. The summed E-state index contributed by atoms with van der Waals surface area (Å²) < 4.78 is 0. The van der Waals surface area contributed by atoms with E-state index in [1.807, 2.05) is 0 Å². The highest BCUT2D eigenvalue weighted by Crippen LogP contribution is 2.34. The van der Waals surface area contributed by atoms with Gasteiger partial charge in [0.1, 0.15) is 0 Å². The van der Waals surface area contributed by atoms with Crippen LogP contribution in [0.1, 0.15) is 39.5 Å². The molecule has 88 valence electrons. The van der Waals surface area contributed by atoms with Crippen LogP contribution in [0.15, 0.2) is 0 Å². The van der Waals surface area contributed by atoms with E-state index in [1.165, 1.54) is 25.9 Å². The number of piperidine rings is 1. The van der Waals surface area contributed by atoms with E-state index in [-0.39, 0.29) is 5.60 Å². The first-order chi connectivity index (χ1) is 7.09. The monoisotopic (exact) mass is 212 g/mol. The molecule has 0 aromatic carbocycles. The maximum Gasteiger partial charge on any atom is 0.0773 e. The predicted octanol–water partition coefficient (Wildman–Crippen LogP) is 0.974. The van der Waals surface area contributed by atoms with Crippen LogP contribution in [0.25, 0.3) is 0 Å². The van der Waals surface area contributed by atoms with Crippen LogP contribution < -0.4 is 5.32 Å². The number of nitrogens with one attached hydrogen (secondary N) is 1. The molecule has 1 saturated carbocycles. The summed E-state index contributed by atoms with van der Waals surface area (Å²) in [7, 11) is 0. The Kier molecular flexibility index (Phi) is 3.33. The van der Waals surface area contributed by atoms with Gasteiger partial charge in [-0.05, 0) is 52.6 Å². The third-order valence-electron chi connectivity index (χ3n) is 3.81. The first-order valence-corrected chi connectivity index (χ1v) is 6.29. The van der Waals surface area contributed by atoms with E-state index >= 15 is 0 Å². The summed E-state index contributed by atoms with van der Waals surface area (Å²) in [5, 5.41) is 13.2. The Labute approximate surface area is 92.8 Å². The lowest BCUT2D eigenvalue weighted by atomic mass is 10.0. The fourth-order valence-electron chi connectivity index (χ4n) is 2.28. The van der Waals surface area contributed by atoms with Gasteiger partial charge in [-0.3, -0.25) is 0 Å². The van der Waals surface area contributed by atoms with Crippen molar-refractivity contribution in [3.05, 3.63) is 0 Å². The molecule has 0 unspecified atom stereocenters. The highest BCUT2D eigenvalue weighted by Gasteiger charge is 2.40. The van der Waals surface area contributed by atoms with Gasteiger partial charge in [-0.15, -0.1) is 0 Å². The summed E-state index contributed by atoms with van der Waals surface area (Å²) in [4.78, 5) is 2.53. The molecule has 0 atom stereocenters. The summed E-state index contributed by atoms with van der Waals surface area (Å²) >= 11 is 0. The molecule has 1 heterocycles. The molecule has 3 heteroatoms. The smallest absolute Gasteiger partial charge is 0.0773 e. The van der Waals surface area contributed by atoms with Gasteiger partial charge in [-0.1, -0.05) is 0 Å². The normalized spacial score (nSPS) is 27.2. The van der Waals surface area contributed by atoms with Crippen molar-refractivity contribution in [1.29, 1.82) is 0 Å². The average Bonchev–Trinajstić information content (AvgIpc) is 2.95. The predicted molar refractivity (Wildman–Crippen MR) is 61.9 cm³/mol. The molecule has 15 heavy (non-hydrogen) atoms. The number of hydrogen-bond donors (Lipinski definition) is 2. The van der Waals surface area contributed by atoms with Crippen LogP contribution in [0.5, 0.6) is 0 Å². The van der Waals surface area contributed by atoms with Crippen molar-refractivity contribution in [3.63, 3.8) is 0 Å². The molecule has 0 bridgehead atoms. The maximum atomic E-state index is 9.73. The molecule has 1 aliphatic heterocycles. The van der Waals surface area contributed by atoms with Gasteiger partial charge in [0, 0.05) is 18.6 Å². The van der Waals surface area contributed by atoms with E-state index in [2.05, 4.69) is 24.1 Å². The summed E-state index contributed by atoms with van der Waals surface area (Å²) in [6, 6.07) is 1.31. The van der Waals surface area contributed by atoms with Crippen molar-refractivity contribution < 1.29 is 5.11 Å². The molecule has 0 aromatic rings. The first kappa shape index (κ1) is 11.4. The van der Waals surface area contributed by atoms with Gasteiger partial charge < -0.3 is 15.3 Å². The van der Waals surface area contributed by atoms with Crippen LogP contribution in [0.3, 0.4) is 0 Å². The minimum atomic E-state index is -0.338. The standard InChI is InChI=1S/C12H24N2O/c1-10(2)14-7-3-11(4-8-14)13-9-12(15)5-6-12/h10-11,13,15H,3-9H2,1-2H3. The topological polar surface area (TPSA) is 35.5 Å². The van der Waals surface area contributed by atoms with E-state index in [4.69, 9.17) is 0 Å². The highest BCUT2D eigenvalue weighted by molar-refractivity contribution is 4.96. The Hall–Kier alpha value is -0.120. The summed E-state index contributed by atoms with van der Waals surface area (Å²) in [6.07, 6.45) is 4.44. The van der Waals surface area contributed by atoms with Crippen LogP contribution in [0.2, 0.25) is 0 Å². The van der Waals surface area contributed by atoms with Crippen molar-refractivity contribution in [2.24, 2.45) is 0 Å². The molecule has 0 amide bonds. The first-order valence-electron chi connectivity index (χ1n) is 6.29. The van der Waals surface area contributed by atoms with Crippen LogP contribution in [-0.4, -0.2) is 47.3 Å². The molecule has 2 aliphatic rings. The van der Waals surface area contributed by atoms with Crippen molar-refractivity contribution in [3.8, 4) is 0 Å². The SMILES string of the molecule is CC(C)N1CCC(NCC2(O)CC2)CC1. The Morgan fingerprint density at radius 3 is 2.40 bits per heavy atom. The lowest BCUT2D eigenvalue weighted by Gasteiger charge is -2.35. The quantitative estimate of drug-likeness (QED) is 0.729. The van der Waals surface area contributed by atoms with Gasteiger partial charge in [0.05, 0.1) is 5.60 Å². The highest BCUT2D eigenvalue weighted by atomic mass is 16.3. The van der Waals surface area contributed by atoms with E-state index in [0.29, 0.717) is 12.1 Å². The second kappa shape index (κ2) is 4.40. The van der Waals surface area contributed by atoms with Crippen LogP contribution in [0, 0.1) is 0 Å². The molecule has 0 aromatic heterocycles. The molecular weight excluding hydrogens is 188 g/mol. The van der Waals surface area contributed by atoms with Crippen LogP contribution in [0.4, 0.5) is 0 Å². The van der Waals surface area contributed by atoms with Gasteiger partial charge in [-0.2, -0.15) is 0 Å². The van der Waals surface area contributed by atoms with Gasteiger partial charge in [0.15, 0.2) is 0 Å².